The van der Waals surface area contributed by atoms with Gasteiger partial charge in [-0.1, -0.05) is 13.8 Å². The molecule has 0 aliphatic heterocycles. The first kappa shape index (κ1) is 17.1. The summed E-state index contributed by atoms with van der Waals surface area (Å²) < 4.78 is 0. The van der Waals surface area contributed by atoms with Gasteiger partial charge in [-0.15, -0.1) is 0 Å². The number of hydrogen-bond donors (Lipinski definition) is 2. The molecule has 0 bridgehead atoms. The zero-order valence-corrected chi connectivity index (χ0v) is 13.1. The largest absolute Gasteiger partial charge is 0.363 e. The van der Waals surface area contributed by atoms with Crippen LogP contribution in [-0.4, -0.2) is 53.0 Å². The number of likely N-dealkylation sites (N-methyl/N-ethyl adjacent to an activating group) is 1. The highest BCUT2D eigenvalue weighted by atomic mass is 16.6. The monoisotopic (exact) mass is 296 g/mol. The van der Waals surface area contributed by atoms with Gasteiger partial charge in [0.25, 0.3) is 0 Å². The van der Waals surface area contributed by atoms with E-state index in [1.807, 2.05) is 14.0 Å². The molecule has 21 heavy (non-hydrogen) atoms. The van der Waals surface area contributed by atoms with Crippen LogP contribution in [0.1, 0.15) is 26.0 Å². The summed E-state index contributed by atoms with van der Waals surface area (Å²) in [6.07, 6.45) is 0.934. The first-order chi connectivity index (χ1) is 9.99. The summed E-state index contributed by atoms with van der Waals surface area (Å²) >= 11 is 0. The Kier molecular flexibility index (Phi) is 6.80. The Labute approximate surface area is 125 Å². The minimum absolute atomic E-state index is 0.0591. The van der Waals surface area contributed by atoms with Crippen LogP contribution in [0, 0.1) is 17.0 Å². The number of rotatable bonds is 9. The van der Waals surface area contributed by atoms with Crippen molar-refractivity contribution in [1.29, 1.82) is 0 Å². The maximum absolute atomic E-state index is 11.2. The van der Waals surface area contributed by atoms with Crippen LogP contribution in [0.4, 0.5) is 17.5 Å². The summed E-state index contributed by atoms with van der Waals surface area (Å²) in [5.41, 5.74) is 0.302. The molecular weight excluding hydrogens is 272 g/mol. The van der Waals surface area contributed by atoms with Gasteiger partial charge in [0, 0.05) is 19.6 Å². The molecule has 0 unspecified atom stereocenters. The highest BCUT2D eigenvalue weighted by Crippen LogP contribution is 2.26. The number of aromatic nitrogens is 2. The number of nitrogens with zero attached hydrogens (tertiary/aromatic N) is 4. The van der Waals surface area contributed by atoms with Crippen LogP contribution in [0.25, 0.3) is 0 Å². The molecule has 8 heteroatoms. The van der Waals surface area contributed by atoms with Crippen LogP contribution in [0.5, 0.6) is 0 Å². The predicted molar refractivity (Wildman–Crippen MR) is 83.9 cm³/mol. The lowest BCUT2D eigenvalue weighted by molar-refractivity contribution is -0.385. The first-order valence-electron chi connectivity index (χ1n) is 7.18. The molecule has 0 aromatic carbocycles. The molecule has 1 aromatic rings. The Morgan fingerprint density at radius 3 is 2.52 bits per heavy atom. The van der Waals surface area contributed by atoms with Crippen LogP contribution in [-0.2, 0) is 0 Å². The topological polar surface area (TPSA) is 96.2 Å². The van der Waals surface area contributed by atoms with Crippen molar-refractivity contribution in [1.82, 2.24) is 14.9 Å². The number of anilines is 2. The molecule has 2 N–H and O–H groups in total. The molecule has 1 aromatic heterocycles. The molecule has 1 rings (SSSR count). The van der Waals surface area contributed by atoms with Crippen molar-refractivity contribution < 1.29 is 4.92 Å². The van der Waals surface area contributed by atoms with E-state index in [4.69, 9.17) is 0 Å². The third-order valence-corrected chi connectivity index (χ3v) is 3.10. The van der Waals surface area contributed by atoms with Crippen molar-refractivity contribution in [2.75, 3.05) is 43.9 Å². The Bertz CT molecular complexity index is 480. The summed E-state index contributed by atoms with van der Waals surface area (Å²) in [4.78, 5) is 21.2. The van der Waals surface area contributed by atoms with E-state index in [1.54, 1.807) is 6.92 Å². The second-order valence-electron chi connectivity index (χ2n) is 4.84. The van der Waals surface area contributed by atoms with E-state index in [2.05, 4.69) is 32.4 Å². The Morgan fingerprint density at radius 1 is 1.24 bits per heavy atom. The van der Waals surface area contributed by atoms with Gasteiger partial charge >= 0.3 is 5.69 Å². The Hall–Kier alpha value is -1.96. The van der Waals surface area contributed by atoms with Crippen molar-refractivity contribution in [2.45, 2.75) is 27.2 Å². The third kappa shape index (κ3) is 5.14. The normalized spacial score (nSPS) is 10.7. The van der Waals surface area contributed by atoms with E-state index >= 15 is 0 Å². The van der Waals surface area contributed by atoms with Gasteiger partial charge in [0.2, 0.25) is 11.8 Å². The van der Waals surface area contributed by atoms with Gasteiger partial charge in [-0.2, -0.15) is 4.98 Å². The quantitative estimate of drug-likeness (QED) is 0.530. The fraction of sp³-hybridized carbons (Fsp3) is 0.692. The fourth-order valence-corrected chi connectivity index (χ4v) is 1.75. The van der Waals surface area contributed by atoms with Gasteiger partial charge in [-0.3, -0.25) is 10.1 Å². The lowest BCUT2D eigenvalue weighted by Crippen LogP contribution is -2.25. The number of nitrogens with one attached hydrogen (secondary N) is 2. The zero-order valence-electron chi connectivity index (χ0n) is 13.1. The second-order valence-corrected chi connectivity index (χ2v) is 4.84. The second kappa shape index (κ2) is 8.35. The summed E-state index contributed by atoms with van der Waals surface area (Å²) in [5.74, 6) is 0.696. The zero-order chi connectivity index (χ0) is 15.8. The fourth-order valence-electron chi connectivity index (χ4n) is 1.75. The lowest BCUT2D eigenvalue weighted by atomic mass is 10.3. The van der Waals surface area contributed by atoms with Gasteiger partial charge in [-0.05, 0) is 26.9 Å². The molecule has 0 saturated heterocycles. The van der Waals surface area contributed by atoms with E-state index in [0.717, 1.165) is 26.1 Å². The Morgan fingerprint density at radius 2 is 1.95 bits per heavy atom. The molecule has 0 aliphatic rings. The molecule has 0 fully saturated rings. The number of nitro groups is 1. The van der Waals surface area contributed by atoms with Crippen molar-refractivity contribution in [3.05, 3.63) is 15.8 Å². The maximum atomic E-state index is 11.2. The van der Waals surface area contributed by atoms with Crippen LogP contribution in [0.3, 0.4) is 0 Å². The summed E-state index contributed by atoms with van der Waals surface area (Å²) in [7, 11) is 2.00. The molecule has 0 amide bonds. The van der Waals surface area contributed by atoms with Crippen LogP contribution in [0.2, 0.25) is 0 Å². The summed E-state index contributed by atoms with van der Waals surface area (Å²) in [6, 6.07) is 0. The van der Waals surface area contributed by atoms with E-state index in [-0.39, 0.29) is 11.5 Å². The van der Waals surface area contributed by atoms with Crippen LogP contribution < -0.4 is 10.6 Å². The first-order valence-corrected chi connectivity index (χ1v) is 7.18. The minimum Gasteiger partial charge on any atom is -0.363 e. The minimum atomic E-state index is -0.440. The molecule has 0 aliphatic carbocycles. The average Bonchev–Trinajstić information content (AvgIpc) is 2.43. The van der Waals surface area contributed by atoms with Gasteiger partial charge < -0.3 is 15.5 Å². The van der Waals surface area contributed by atoms with E-state index in [1.165, 1.54) is 0 Å². The SMILES string of the molecule is CCCNc1nc(C)c([N+](=O)[O-])c(NCCN(C)CC)n1. The number of aryl methyl sites for hydroxylation is 1. The molecule has 118 valence electrons. The van der Waals surface area contributed by atoms with Gasteiger partial charge in [0.1, 0.15) is 5.69 Å². The van der Waals surface area contributed by atoms with Crippen molar-refractivity contribution in [3.63, 3.8) is 0 Å². The number of hydrogen-bond acceptors (Lipinski definition) is 7. The van der Waals surface area contributed by atoms with Crippen LogP contribution >= 0.6 is 0 Å². The average molecular weight is 296 g/mol. The van der Waals surface area contributed by atoms with Gasteiger partial charge in [0.15, 0.2) is 0 Å². The highest BCUT2D eigenvalue weighted by molar-refractivity contribution is 5.60. The van der Waals surface area contributed by atoms with E-state index in [9.17, 15) is 10.1 Å². The van der Waals surface area contributed by atoms with Crippen molar-refractivity contribution in [2.24, 2.45) is 0 Å². The molecule has 0 spiro atoms. The molecule has 0 saturated carbocycles. The standard InChI is InChI=1S/C13H24N6O2/c1-5-7-15-13-16-10(3)11(19(20)21)12(17-13)14-8-9-18(4)6-2/h5-9H2,1-4H3,(H2,14,15,16,17). The smallest absolute Gasteiger partial charge is 0.332 e. The molecule has 1 heterocycles. The molecule has 0 atom stereocenters. The van der Waals surface area contributed by atoms with Crippen LogP contribution in [0.15, 0.2) is 0 Å². The Balaban J connectivity index is 2.90. The molecule has 0 radical (unpaired) electrons. The van der Waals surface area contributed by atoms with E-state index < -0.39 is 4.92 Å². The molecular formula is C13H24N6O2. The summed E-state index contributed by atoms with van der Waals surface area (Å²) in [5, 5.41) is 17.3. The van der Waals surface area contributed by atoms with Gasteiger partial charge in [0.05, 0.1) is 4.92 Å². The van der Waals surface area contributed by atoms with Gasteiger partial charge in [-0.25, -0.2) is 4.98 Å². The summed E-state index contributed by atoms with van der Waals surface area (Å²) in [6.45, 7) is 8.75. The van der Waals surface area contributed by atoms with Crippen molar-refractivity contribution >= 4 is 17.5 Å². The van der Waals surface area contributed by atoms with Crippen molar-refractivity contribution in [3.8, 4) is 0 Å². The highest BCUT2D eigenvalue weighted by Gasteiger charge is 2.21. The third-order valence-electron chi connectivity index (χ3n) is 3.10. The predicted octanol–water partition coefficient (Wildman–Crippen LogP) is 1.88. The lowest BCUT2D eigenvalue weighted by Gasteiger charge is -2.15. The molecule has 8 nitrogen and oxygen atoms in total. The maximum Gasteiger partial charge on any atom is 0.332 e. The van der Waals surface area contributed by atoms with E-state index in [0.29, 0.717) is 18.2 Å².